The summed E-state index contributed by atoms with van der Waals surface area (Å²) >= 11 is 1.61. The Morgan fingerprint density at radius 2 is 1.72 bits per heavy atom. The van der Waals surface area contributed by atoms with Crippen molar-refractivity contribution in [1.29, 1.82) is 0 Å². The van der Waals surface area contributed by atoms with Crippen molar-refractivity contribution in [3.8, 4) is 22.8 Å². The third kappa shape index (κ3) is 4.71. The zero-order chi connectivity index (χ0) is 21.0. The van der Waals surface area contributed by atoms with Crippen molar-refractivity contribution in [2.75, 3.05) is 27.9 Å². The van der Waals surface area contributed by atoms with Crippen LogP contribution in [-0.2, 0) is 4.74 Å². The van der Waals surface area contributed by atoms with Crippen LogP contribution in [-0.4, -0.2) is 32.5 Å². The third-order valence-electron chi connectivity index (χ3n) is 4.71. The van der Waals surface area contributed by atoms with Crippen molar-refractivity contribution in [3.63, 3.8) is 0 Å². The number of aromatic nitrogens is 1. The number of aryl methyl sites for hydroxylation is 2. The van der Waals surface area contributed by atoms with E-state index in [2.05, 4.69) is 48.9 Å². The molecule has 3 aromatic rings. The fraction of sp³-hybridized carbons (Fsp3) is 0.348. The van der Waals surface area contributed by atoms with Gasteiger partial charge in [0.1, 0.15) is 11.5 Å². The summed E-state index contributed by atoms with van der Waals surface area (Å²) in [6.45, 7) is 6.91. The zero-order valence-electron chi connectivity index (χ0n) is 17.9. The molecule has 0 aliphatic rings. The van der Waals surface area contributed by atoms with Gasteiger partial charge in [0.05, 0.1) is 38.2 Å². The maximum Gasteiger partial charge on any atom is 0.190 e. The molecule has 0 saturated heterocycles. The highest BCUT2D eigenvalue weighted by molar-refractivity contribution is 7.07. The second-order valence-electron chi connectivity index (χ2n) is 7.10. The first-order valence-electron chi connectivity index (χ1n) is 9.51. The second kappa shape index (κ2) is 9.29. The van der Waals surface area contributed by atoms with Gasteiger partial charge in [-0.3, -0.25) is 0 Å². The SMILES string of the molecule is COCC(C)n1c(-c2ccc(OC)cc2OC)csc1=Nc1cc(C)cc(C)c1. The van der Waals surface area contributed by atoms with Crippen molar-refractivity contribution < 1.29 is 14.2 Å². The molecule has 1 aromatic heterocycles. The molecule has 0 spiro atoms. The zero-order valence-corrected chi connectivity index (χ0v) is 18.7. The lowest BCUT2D eigenvalue weighted by Crippen LogP contribution is -2.23. The molecule has 1 unspecified atom stereocenters. The van der Waals surface area contributed by atoms with Crippen LogP contribution in [0.1, 0.15) is 24.1 Å². The fourth-order valence-electron chi connectivity index (χ4n) is 3.48. The number of nitrogens with zero attached hydrogens (tertiary/aromatic N) is 2. The summed E-state index contributed by atoms with van der Waals surface area (Å²) in [6, 6.07) is 12.3. The largest absolute Gasteiger partial charge is 0.497 e. The monoisotopic (exact) mass is 412 g/mol. The van der Waals surface area contributed by atoms with Crippen molar-refractivity contribution >= 4 is 17.0 Å². The Morgan fingerprint density at radius 1 is 1.00 bits per heavy atom. The third-order valence-corrected chi connectivity index (χ3v) is 5.55. The van der Waals surface area contributed by atoms with Gasteiger partial charge in [0.2, 0.25) is 0 Å². The molecule has 154 valence electrons. The summed E-state index contributed by atoms with van der Waals surface area (Å²) in [7, 11) is 5.05. The quantitative estimate of drug-likeness (QED) is 0.530. The van der Waals surface area contributed by atoms with E-state index in [0.29, 0.717) is 6.61 Å². The van der Waals surface area contributed by atoms with Crippen molar-refractivity contribution in [3.05, 3.63) is 57.7 Å². The van der Waals surface area contributed by atoms with E-state index < -0.39 is 0 Å². The standard InChI is InChI=1S/C23H28N2O3S/c1-15-9-16(2)11-18(10-15)24-23-25(17(3)13-26-4)21(14-29-23)20-8-7-19(27-5)12-22(20)28-6/h7-12,14,17H,13H2,1-6H3. The summed E-state index contributed by atoms with van der Waals surface area (Å²) in [6.07, 6.45) is 0. The molecule has 0 amide bonds. The number of ether oxygens (including phenoxy) is 3. The molecule has 0 fully saturated rings. The number of methoxy groups -OCH3 is 3. The van der Waals surface area contributed by atoms with Gasteiger partial charge in [-0.25, -0.2) is 4.99 Å². The molecule has 0 N–H and O–H groups in total. The Balaban J connectivity index is 2.21. The number of hydrogen-bond acceptors (Lipinski definition) is 5. The Kier molecular flexibility index (Phi) is 6.77. The first kappa shape index (κ1) is 21.1. The van der Waals surface area contributed by atoms with E-state index in [1.165, 1.54) is 11.1 Å². The molecule has 2 aromatic carbocycles. The summed E-state index contributed by atoms with van der Waals surface area (Å²) in [4.78, 5) is 5.89. The fourth-order valence-corrected chi connectivity index (χ4v) is 4.48. The van der Waals surface area contributed by atoms with Crippen LogP contribution < -0.4 is 14.3 Å². The van der Waals surface area contributed by atoms with Crippen LogP contribution >= 0.6 is 11.3 Å². The topological polar surface area (TPSA) is 45.0 Å². The Bertz CT molecular complexity index is 1030. The van der Waals surface area contributed by atoms with Crippen LogP contribution in [0.15, 0.2) is 46.8 Å². The molecule has 0 bridgehead atoms. The smallest absolute Gasteiger partial charge is 0.190 e. The molecule has 5 nitrogen and oxygen atoms in total. The van der Waals surface area contributed by atoms with E-state index in [9.17, 15) is 0 Å². The Morgan fingerprint density at radius 3 is 2.34 bits per heavy atom. The van der Waals surface area contributed by atoms with Gasteiger partial charge in [-0.05, 0) is 56.2 Å². The van der Waals surface area contributed by atoms with E-state index in [1.54, 1.807) is 32.7 Å². The van der Waals surface area contributed by atoms with Crippen LogP contribution in [0.5, 0.6) is 11.5 Å². The molecule has 3 rings (SSSR count). The van der Waals surface area contributed by atoms with Crippen molar-refractivity contribution in [2.45, 2.75) is 26.8 Å². The van der Waals surface area contributed by atoms with Crippen molar-refractivity contribution in [1.82, 2.24) is 4.57 Å². The normalized spacial score (nSPS) is 12.8. The molecule has 0 radical (unpaired) electrons. The molecular weight excluding hydrogens is 384 g/mol. The lowest BCUT2D eigenvalue weighted by atomic mass is 10.1. The number of hydrogen-bond donors (Lipinski definition) is 0. The van der Waals surface area contributed by atoms with Crippen LogP contribution in [0.2, 0.25) is 0 Å². The first-order chi connectivity index (χ1) is 14.0. The van der Waals surface area contributed by atoms with E-state index >= 15 is 0 Å². The predicted octanol–water partition coefficient (Wildman–Crippen LogP) is 5.29. The highest BCUT2D eigenvalue weighted by atomic mass is 32.1. The van der Waals surface area contributed by atoms with Crippen LogP contribution in [0.3, 0.4) is 0 Å². The van der Waals surface area contributed by atoms with Crippen molar-refractivity contribution in [2.24, 2.45) is 4.99 Å². The predicted molar refractivity (Wildman–Crippen MR) is 119 cm³/mol. The molecule has 1 heterocycles. The molecule has 6 heteroatoms. The molecule has 29 heavy (non-hydrogen) atoms. The van der Waals surface area contributed by atoms with Gasteiger partial charge < -0.3 is 18.8 Å². The summed E-state index contributed by atoms with van der Waals surface area (Å²) in [5.41, 5.74) is 5.40. The first-order valence-corrected chi connectivity index (χ1v) is 10.4. The van der Waals surface area contributed by atoms with E-state index in [4.69, 9.17) is 19.2 Å². The summed E-state index contributed by atoms with van der Waals surface area (Å²) in [5.74, 6) is 1.52. The average molecular weight is 413 g/mol. The molecule has 0 aliphatic carbocycles. The maximum atomic E-state index is 5.65. The number of benzene rings is 2. The minimum atomic E-state index is 0.109. The highest BCUT2D eigenvalue weighted by Crippen LogP contribution is 2.35. The molecular formula is C23H28N2O3S. The number of rotatable bonds is 7. The summed E-state index contributed by atoms with van der Waals surface area (Å²) in [5, 5.41) is 2.12. The molecule has 0 aliphatic heterocycles. The molecule has 0 saturated carbocycles. The van der Waals surface area contributed by atoms with Gasteiger partial charge in [0.15, 0.2) is 4.80 Å². The lowest BCUT2D eigenvalue weighted by molar-refractivity contribution is 0.162. The van der Waals surface area contributed by atoms with Gasteiger partial charge in [0, 0.05) is 24.1 Å². The van der Waals surface area contributed by atoms with E-state index in [-0.39, 0.29) is 6.04 Å². The van der Waals surface area contributed by atoms with Gasteiger partial charge in [-0.15, -0.1) is 11.3 Å². The van der Waals surface area contributed by atoms with Gasteiger partial charge in [-0.1, -0.05) is 6.07 Å². The van der Waals surface area contributed by atoms with Crippen LogP contribution in [0, 0.1) is 13.8 Å². The lowest BCUT2D eigenvalue weighted by Gasteiger charge is -2.18. The Hall–Kier alpha value is -2.57. The van der Waals surface area contributed by atoms with Crippen LogP contribution in [0.25, 0.3) is 11.3 Å². The van der Waals surface area contributed by atoms with Gasteiger partial charge >= 0.3 is 0 Å². The Labute approximate surface area is 176 Å². The minimum Gasteiger partial charge on any atom is -0.497 e. The molecule has 1 atom stereocenters. The summed E-state index contributed by atoms with van der Waals surface area (Å²) < 4.78 is 18.7. The van der Waals surface area contributed by atoms with E-state index in [0.717, 1.165) is 33.2 Å². The van der Waals surface area contributed by atoms with E-state index in [1.807, 2.05) is 18.2 Å². The highest BCUT2D eigenvalue weighted by Gasteiger charge is 2.17. The van der Waals surface area contributed by atoms with Crippen LogP contribution in [0.4, 0.5) is 5.69 Å². The maximum absolute atomic E-state index is 5.65. The second-order valence-corrected chi connectivity index (χ2v) is 7.94. The van der Waals surface area contributed by atoms with Gasteiger partial charge in [0.25, 0.3) is 0 Å². The minimum absolute atomic E-state index is 0.109. The van der Waals surface area contributed by atoms with Gasteiger partial charge in [-0.2, -0.15) is 0 Å². The average Bonchev–Trinajstić information content (AvgIpc) is 3.10. The number of thiazole rings is 1.